The molecular formula is C16H20Cl2O2. The number of hydrogen-bond acceptors (Lipinski definition) is 2. The van der Waals surface area contributed by atoms with Gasteiger partial charge in [0, 0.05) is 5.56 Å². The fraction of sp³-hybridized carbons (Fsp3) is 0.625. The molecule has 1 aliphatic carbocycles. The molecule has 4 heteroatoms. The molecule has 0 N–H and O–H groups in total. The Kier molecular flexibility index (Phi) is 4.44. The Morgan fingerprint density at radius 3 is 2.80 bits per heavy atom. The van der Waals surface area contributed by atoms with Gasteiger partial charge < -0.3 is 9.47 Å². The predicted molar refractivity (Wildman–Crippen MR) is 81.8 cm³/mol. The molecule has 1 spiro atoms. The third-order valence-corrected chi connectivity index (χ3v) is 5.05. The van der Waals surface area contributed by atoms with Gasteiger partial charge in [-0.25, -0.2) is 0 Å². The Bertz CT molecular complexity index is 470. The van der Waals surface area contributed by atoms with Crippen LogP contribution in [0.3, 0.4) is 0 Å². The largest absolute Gasteiger partial charge is 0.489 e. The first kappa shape index (κ1) is 14.5. The minimum Gasteiger partial charge on any atom is -0.489 e. The van der Waals surface area contributed by atoms with E-state index in [9.17, 15) is 0 Å². The summed E-state index contributed by atoms with van der Waals surface area (Å²) in [7, 11) is 0. The van der Waals surface area contributed by atoms with Crippen LogP contribution < -0.4 is 4.74 Å². The highest BCUT2D eigenvalue weighted by atomic mass is 35.5. The zero-order valence-electron chi connectivity index (χ0n) is 11.5. The molecule has 0 aromatic heterocycles. The molecule has 1 saturated carbocycles. The van der Waals surface area contributed by atoms with Crippen LogP contribution in [0.25, 0.3) is 0 Å². The fourth-order valence-corrected chi connectivity index (χ4v) is 3.86. The molecule has 2 fully saturated rings. The molecule has 2 nitrogen and oxygen atoms in total. The molecule has 1 saturated heterocycles. The lowest BCUT2D eigenvalue weighted by Crippen LogP contribution is -2.27. The van der Waals surface area contributed by atoms with E-state index >= 15 is 0 Å². The monoisotopic (exact) mass is 314 g/mol. The molecule has 0 radical (unpaired) electrons. The van der Waals surface area contributed by atoms with Crippen molar-refractivity contribution in [3.8, 4) is 5.75 Å². The average molecular weight is 315 g/mol. The highest BCUT2D eigenvalue weighted by Gasteiger charge is 2.42. The van der Waals surface area contributed by atoms with E-state index in [4.69, 9.17) is 32.7 Å². The predicted octanol–water partition coefficient (Wildman–Crippen LogP) is 4.95. The van der Waals surface area contributed by atoms with Crippen LogP contribution in [0, 0.1) is 0 Å². The van der Waals surface area contributed by atoms with Crippen molar-refractivity contribution in [1.29, 1.82) is 0 Å². The summed E-state index contributed by atoms with van der Waals surface area (Å²) in [5.74, 6) is 1.12. The van der Waals surface area contributed by atoms with Crippen molar-refractivity contribution in [2.24, 2.45) is 0 Å². The van der Waals surface area contributed by atoms with Crippen molar-refractivity contribution in [3.05, 3.63) is 28.8 Å². The second-order valence-electron chi connectivity index (χ2n) is 5.84. The number of benzene rings is 1. The molecule has 0 bridgehead atoms. The van der Waals surface area contributed by atoms with Crippen molar-refractivity contribution in [3.63, 3.8) is 0 Å². The van der Waals surface area contributed by atoms with Crippen LogP contribution in [0.4, 0.5) is 0 Å². The van der Waals surface area contributed by atoms with Gasteiger partial charge in [0.15, 0.2) is 0 Å². The Morgan fingerprint density at radius 1 is 1.25 bits per heavy atom. The van der Waals surface area contributed by atoms with Crippen molar-refractivity contribution in [2.45, 2.75) is 56.1 Å². The van der Waals surface area contributed by atoms with E-state index in [1.165, 1.54) is 32.1 Å². The molecule has 1 heterocycles. The second-order valence-corrected chi connectivity index (χ2v) is 6.52. The molecule has 3 rings (SSSR count). The zero-order valence-corrected chi connectivity index (χ0v) is 13.1. The SMILES string of the molecule is ClCc1cccc(Cl)c1OCC1CCC2(CCCC2)O1. The summed E-state index contributed by atoms with van der Waals surface area (Å²) in [6.07, 6.45) is 7.47. The van der Waals surface area contributed by atoms with Gasteiger partial charge in [-0.2, -0.15) is 0 Å². The molecule has 1 unspecified atom stereocenters. The fourth-order valence-electron chi connectivity index (χ4n) is 3.40. The van der Waals surface area contributed by atoms with E-state index in [1.54, 1.807) is 0 Å². The van der Waals surface area contributed by atoms with Gasteiger partial charge >= 0.3 is 0 Å². The average Bonchev–Trinajstić information content (AvgIpc) is 3.08. The van der Waals surface area contributed by atoms with E-state index in [0.717, 1.165) is 12.0 Å². The lowest BCUT2D eigenvalue weighted by atomic mass is 9.98. The van der Waals surface area contributed by atoms with Crippen molar-refractivity contribution in [1.82, 2.24) is 0 Å². The summed E-state index contributed by atoms with van der Waals surface area (Å²) >= 11 is 12.1. The van der Waals surface area contributed by atoms with Crippen LogP contribution in [0.2, 0.25) is 5.02 Å². The van der Waals surface area contributed by atoms with E-state index < -0.39 is 0 Å². The summed E-state index contributed by atoms with van der Waals surface area (Å²) in [6, 6.07) is 5.68. The van der Waals surface area contributed by atoms with Gasteiger partial charge in [-0.05, 0) is 31.7 Å². The molecule has 1 aromatic carbocycles. The lowest BCUT2D eigenvalue weighted by molar-refractivity contribution is -0.0509. The van der Waals surface area contributed by atoms with Crippen molar-refractivity contribution >= 4 is 23.2 Å². The van der Waals surface area contributed by atoms with E-state index in [-0.39, 0.29) is 11.7 Å². The molecule has 0 amide bonds. The quantitative estimate of drug-likeness (QED) is 0.732. The first-order valence-electron chi connectivity index (χ1n) is 7.36. The van der Waals surface area contributed by atoms with Crippen molar-refractivity contribution in [2.75, 3.05) is 6.61 Å². The standard InChI is InChI=1S/C16H20Cl2O2/c17-10-12-4-3-5-14(18)15(12)19-11-13-6-9-16(20-13)7-1-2-8-16/h3-5,13H,1-2,6-11H2. The Morgan fingerprint density at radius 2 is 2.05 bits per heavy atom. The molecule has 2 aliphatic rings. The third-order valence-electron chi connectivity index (χ3n) is 4.46. The highest BCUT2D eigenvalue weighted by molar-refractivity contribution is 6.32. The van der Waals surface area contributed by atoms with Gasteiger partial charge in [0.2, 0.25) is 0 Å². The first-order valence-corrected chi connectivity index (χ1v) is 8.28. The Hall–Kier alpha value is -0.440. The van der Waals surface area contributed by atoms with Gasteiger partial charge in [0.25, 0.3) is 0 Å². The van der Waals surface area contributed by atoms with Crippen LogP contribution in [0.15, 0.2) is 18.2 Å². The maximum absolute atomic E-state index is 6.24. The van der Waals surface area contributed by atoms with Crippen LogP contribution in [-0.2, 0) is 10.6 Å². The summed E-state index contributed by atoms with van der Waals surface area (Å²) < 4.78 is 12.1. The summed E-state index contributed by atoms with van der Waals surface area (Å²) in [6.45, 7) is 0.565. The minimum atomic E-state index is 0.157. The van der Waals surface area contributed by atoms with Crippen molar-refractivity contribution < 1.29 is 9.47 Å². The van der Waals surface area contributed by atoms with E-state index in [2.05, 4.69) is 0 Å². The van der Waals surface area contributed by atoms with Gasteiger partial charge in [-0.1, -0.05) is 36.6 Å². The van der Waals surface area contributed by atoms with Gasteiger partial charge in [-0.3, -0.25) is 0 Å². The number of ether oxygens (including phenoxy) is 2. The second kappa shape index (κ2) is 6.13. The summed E-state index contributed by atoms with van der Waals surface area (Å²) in [5.41, 5.74) is 1.09. The summed E-state index contributed by atoms with van der Waals surface area (Å²) in [4.78, 5) is 0. The molecule has 1 atom stereocenters. The van der Waals surface area contributed by atoms with Crippen LogP contribution in [0.5, 0.6) is 5.75 Å². The number of hydrogen-bond donors (Lipinski definition) is 0. The normalized spacial score (nSPS) is 24.4. The van der Waals surface area contributed by atoms with Crippen LogP contribution in [0.1, 0.15) is 44.1 Å². The first-order chi connectivity index (χ1) is 9.72. The molecule has 1 aliphatic heterocycles. The smallest absolute Gasteiger partial charge is 0.142 e. The molecule has 110 valence electrons. The number of rotatable bonds is 4. The van der Waals surface area contributed by atoms with Gasteiger partial charge in [0.1, 0.15) is 12.4 Å². The Balaban J connectivity index is 1.60. The summed E-state index contributed by atoms with van der Waals surface area (Å²) in [5, 5.41) is 0.622. The number of para-hydroxylation sites is 1. The highest BCUT2D eigenvalue weighted by Crippen LogP contribution is 2.43. The Labute approximate surface area is 130 Å². The van der Waals surface area contributed by atoms with E-state index in [0.29, 0.717) is 23.3 Å². The third kappa shape index (κ3) is 2.93. The lowest BCUT2D eigenvalue weighted by Gasteiger charge is -2.24. The van der Waals surface area contributed by atoms with Crippen LogP contribution >= 0.6 is 23.2 Å². The minimum absolute atomic E-state index is 0.157. The van der Waals surface area contributed by atoms with Gasteiger partial charge in [0.05, 0.1) is 22.6 Å². The van der Waals surface area contributed by atoms with Gasteiger partial charge in [-0.15, -0.1) is 11.6 Å². The topological polar surface area (TPSA) is 18.5 Å². The zero-order chi connectivity index (χ0) is 14.0. The van der Waals surface area contributed by atoms with E-state index in [1.807, 2.05) is 18.2 Å². The maximum atomic E-state index is 6.24. The molecule has 20 heavy (non-hydrogen) atoms. The molecular weight excluding hydrogens is 295 g/mol. The number of halogens is 2. The number of alkyl halides is 1. The van der Waals surface area contributed by atoms with Crippen LogP contribution in [-0.4, -0.2) is 18.3 Å². The molecule has 1 aromatic rings. The maximum Gasteiger partial charge on any atom is 0.142 e.